The van der Waals surface area contributed by atoms with E-state index in [1.807, 2.05) is 32.0 Å². The topological polar surface area (TPSA) is 46.2 Å². The molecule has 0 unspecified atom stereocenters. The molecule has 0 amide bonds. The fraction of sp³-hybridized carbons (Fsp3) is 0.111. The summed E-state index contributed by atoms with van der Waals surface area (Å²) in [4.78, 5) is 23.8. The smallest absolute Gasteiger partial charge is 0.250 e. The first-order valence-electron chi connectivity index (χ1n) is 6.91. The van der Waals surface area contributed by atoms with E-state index in [1.54, 1.807) is 24.3 Å². The zero-order valence-corrected chi connectivity index (χ0v) is 13.0. The molecule has 110 valence electrons. The van der Waals surface area contributed by atoms with Crippen LogP contribution in [-0.4, -0.2) is 0 Å². The second-order valence-corrected chi connectivity index (χ2v) is 5.78. The minimum Gasteiger partial charge on any atom is -0.352 e. The highest BCUT2D eigenvalue weighted by atomic mass is 35.5. The van der Waals surface area contributed by atoms with E-state index < -0.39 is 10.9 Å². The van der Waals surface area contributed by atoms with Crippen LogP contribution in [0.3, 0.4) is 0 Å². The molecule has 4 heteroatoms. The molecule has 0 spiro atoms. The Hall–Kier alpha value is -2.39. The van der Waals surface area contributed by atoms with Crippen LogP contribution < -0.4 is 16.2 Å². The Balaban J connectivity index is 2.02. The van der Waals surface area contributed by atoms with Gasteiger partial charge in [0.15, 0.2) is 0 Å². The van der Waals surface area contributed by atoms with Gasteiger partial charge in [-0.05, 0) is 54.8 Å². The van der Waals surface area contributed by atoms with Crippen LogP contribution in [0, 0.1) is 13.8 Å². The van der Waals surface area contributed by atoms with Crippen LogP contribution in [0.25, 0.3) is 11.1 Å². The van der Waals surface area contributed by atoms with E-state index >= 15 is 0 Å². The molecule has 0 bridgehead atoms. The van der Waals surface area contributed by atoms with E-state index in [4.69, 9.17) is 11.6 Å². The molecule has 0 radical (unpaired) electrons. The van der Waals surface area contributed by atoms with Crippen molar-refractivity contribution in [2.24, 2.45) is 0 Å². The first-order chi connectivity index (χ1) is 10.5. The van der Waals surface area contributed by atoms with Gasteiger partial charge >= 0.3 is 0 Å². The van der Waals surface area contributed by atoms with Gasteiger partial charge in [0, 0.05) is 10.7 Å². The SMILES string of the molecule is Cc1ccc(-c2c(Nc3ccc(Cl)cc3)c(=O)c2=O)cc1C. The minimum atomic E-state index is -0.483. The van der Waals surface area contributed by atoms with Crippen LogP contribution in [-0.2, 0) is 0 Å². The predicted octanol–water partition coefficient (Wildman–Crippen LogP) is 3.96. The van der Waals surface area contributed by atoms with Crippen molar-refractivity contribution in [1.29, 1.82) is 0 Å². The molecule has 0 aliphatic heterocycles. The number of hydrogen-bond acceptors (Lipinski definition) is 3. The standard InChI is InChI=1S/C18H14ClNO2/c1-10-3-4-12(9-11(10)2)15-16(18(22)17(15)21)20-14-7-5-13(19)6-8-14/h3-9,20H,1-2H3. The summed E-state index contributed by atoms with van der Waals surface area (Å²) in [5, 5.41) is 3.63. The maximum Gasteiger partial charge on any atom is 0.250 e. The average Bonchev–Trinajstić information content (AvgIpc) is 2.51. The zero-order chi connectivity index (χ0) is 15.9. The highest BCUT2D eigenvalue weighted by Gasteiger charge is 2.22. The summed E-state index contributed by atoms with van der Waals surface area (Å²) in [6, 6.07) is 12.7. The Morgan fingerprint density at radius 1 is 0.864 bits per heavy atom. The monoisotopic (exact) mass is 311 g/mol. The van der Waals surface area contributed by atoms with Crippen LogP contribution >= 0.6 is 11.6 Å². The third-order valence-electron chi connectivity index (χ3n) is 3.82. The number of nitrogens with one attached hydrogen (secondary N) is 1. The third kappa shape index (κ3) is 2.44. The molecule has 3 rings (SSSR count). The predicted molar refractivity (Wildman–Crippen MR) is 91.0 cm³/mol. The van der Waals surface area contributed by atoms with Gasteiger partial charge in [0.2, 0.25) is 5.43 Å². The van der Waals surface area contributed by atoms with Gasteiger partial charge in [-0.1, -0.05) is 29.8 Å². The molecule has 3 nitrogen and oxygen atoms in total. The summed E-state index contributed by atoms with van der Waals surface area (Å²) in [6.45, 7) is 3.99. The van der Waals surface area contributed by atoms with Crippen LogP contribution in [0.1, 0.15) is 11.1 Å². The van der Waals surface area contributed by atoms with Crippen LogP contribution in [0.4, 0.5) is 11.4 Å². The molecule has 0 heterocycles. The lowest BCUT2D eigenvalue weighted by Gasteiger charge is -2.14. The molecule has 3 aromatic rings. The van der Waals surface area contributed by atoms with Crippen molar-refractivity contribution in [3.63, 3.8) is 0 Å². The highest BCUT2D eigenvalue weighted by molar-refractivity contribution is 6.30. The van der Waals surface area contributed by atoms with E-state index in [2.05, 4.69) is 5.32 Å². The van der Waals surface area contributed by atoms with Crippen molar-refractivity contribution in [3.8, 4) is 11.1 Å². The number of anilines is 2. The summed E-state index contributed by atoms with van der Waals surface area (Å²) in [5.41, 5.74) is 3.59. The average molecular weight is 312 g/mol. The lowest BCUT2D eigenvalue weighted by molar-refractivity contribution is 1.32. The van der Waals surface area contributed by atoms with Crippen LogP contribution in [0.2, 0.25) is 5.02 Å². The number of halogens is 1. The molecule has 3 aromatic carbocycles. The summed E-state index contributed by atoms with van der Waals surface area (Å²) in [7, 11) is 0. The molecule has 0 atom stereocenters. The van der Waals surface area contributed by atoms with Crippen molar-refractivity contribution in [2.75, 3.05) is 5.32 Å². The largest absolute Gasteiger partial charge is 0.352 e. The Labute approximate surface area is 132 Å². The number of benzene rings is 2. The zero-order valence-electron chi connectivity index (χ0n) is 12.2. The summed E-state index contributed by atoms with van der Waals surface area (Å²) in [5.74, 6) is 0. The lowest BCUT2D eigenvalue weighted by atomic mass is 9.95. The second-order valence-electron chi connectivity index (χ2n) is 5.34. The first-order valence-corrected chi connectivity index (χ1v) is 7.28. The normalized spacial score (nSPS) is 10.9. The third-order valence-corrected chi connectivity index (χ3v) is 4.07. The van der Waals surface area contributed by atoms with Gasteiger partial charge in [0.25, 0.3) is 5.43 Å². The van der Waals surface area contributed by atoms with E-state index in [1.165, 1.54) is 0 Å². The Bertz CT molecular complexity index is 919. The van der Waals surface area contributed by atoms with Gasteiger partial charge in [-0.3, -0.25) is 9.59 Å². The van der Waals surface area contributed by atoms with Crippen molar-refractivity contribution in [2.45, 2.75) is 13.8 Å². The van der Waals surface area contributed by atoms with Crippen molar-refractivity contribution in [3.05, 3.63) is 79.1 Å². The quantitative estimate of drug-likeness (QED) is 0.745. The van der Waals surface area contributed by atoms with Crippen molar-refractivity contribution in [1.82, 2.24) is 0 Å². The van der Waals surface area contributed by atoms with Crippen molar-refractivity contribution < 1.29 is 0 Å². The molecule has 1 N–H and O–H groups in total. The van der Waals surface area contributed by atoms with Crippen LogP contribution in [0.5, 0.6) is 0 Å². The Morgan fingerprint density at radius 3 is 2.18 bits per heavy atom. The molecule has 0 fully saturated rings. The van der Waals surface area contributed by atoms with E-state index in [0.29, 0.717) is 16.3 Å². The molecular weight excluding hydrogens is 298 g/mol. The van der Waals surface area contributed by atoms with E-state index in [0.717, 1.165) is 22.4 Å². The van der Waals surface area contributed by atoms with Gasteiger partial charge in [0.05, 0.1) is 5.56 Å². The molecule has 22 heavy (non-hydrogen) atoms. The molecule has 0 aliphatic rings. The number of hydrogen-bond donors (Lipinski definition) is 1. The summed E-state index contributed by atoms with van der Waals surface area (Å²) < 4.78 is 0. The minimum absolute atomic E-state index is 0.343. The van der Waals surface area contributed by atoms with Gasteiger partial charge in [-0.15, -0.1) is 0 Å². The van der Waals surface area contributed by atoms with Gasteiger partial charge in [-0.2, -0.15) is 0 Å². The number of rotatable bonds is 3. The highest BCUT2D eigenvalue weighted by Crippen LogP contribution is 2.28. The Morgan fingerprint density at radius 2 is 1.55 bits per heavy atom. The fourth-order valence-corrected chi connectivity index (χ4v) is 2.49. The summed E-state index contributed by atoms with van der Waals surface area (Å²) >= 11 is 5.84. The second kappa shape index (κ2) is 5.43. The molecule has 0 saturated carbocycles. The van der Waals surface area contributed by atoms with Gasteiger partial charge in [-0.25, -0.2) is 0 Å². The van der Waals surface area contributed by atoms with Crippen LogP contribution in [0.15, 0.2) is 52.1 Å². The Kier molecular flexibility index (Phi) is 3.59. The van der Waals surface area contributed by atoms with Gasteiger partial charge < -0.3 is 5.32 Å². The molecule has 0 saturated heterocycles. The maximum absolute atomic E-state index is 11.9. The molecule has 0 aromatic heterocycles. The lowest BCUT2D eigenvalue weighted by Crippen LogP contribution is -2.35. The van der Waals surface area contributed by atoms with E-state index in [-0.39, 0.29) is 0 Å². The summed E-state index contributed by atoms with van der Waals surface area (Å²) in [6.07, 6.45) is 0. The van der Waals surface area contributed by atoms with Gasteiger partial charge in [0.1, 0.15) is 5.69 Å². The first kappa shape index (κ1) is 14.5. The maximum atomic E-state index is 11.9. The van der Waals surface area contributed by atoms with E-state index in [9.17, 15) is 9.59 Å². The number of aryl methyl sites for hydroxylation is 2. The fourth-order valence-electron chi connectivity index (χ4n) is 2.36. The van der Waals surface area contributed by atoms with Crippen molar-refractivity contribution >= 4 is 23.0 Å². The molecular formula is C18H14ClNO2. The molecule has 0 aliphatic carbocycles.